The van der Waals surface area contributed by atoms with Crippen LogP contribution in [0.15, 0.2) is 78.9 Å². The van der Waals surface area contributed by atoms with Gasteiger partial charge in [-0.15, -0.1) is 0 Å². The predicted molar refractivity (Wildman–Crippen MR) is 112 cm³/mol. The number of hydrogen-bond acceptors (Lipinski definition) is 2. The molecule has 0 bridgehead atoms. The maximum absolute atomic E-state index is 12.7. The molecular weight excluding hydrogens is 348 g/mol. The van der Waals surface area contributed by atoms with Gasteiger partial charge < -0.3 is 10.6 Å². The van der Waals surface area contributed by atoms with Gasteiger partial charge in [0.05, 0.1) is 12.5 Å². The first-order valence-electron chi connectivity index (χ1n) is 9.28. The Hall–Kier alpha value is -3.40. The number of nitrogens with one attached hydrogen (secondary N) is 2. The highest BCUT2D eigenvalue weighted by molar-refractivity contribution is 5.88. The van der Waals surface area contributed by atoms with E-state index < -0.39 is 0 Å². The van der Waals surface area contributed by atoms with Crippen molar-refractivity contribution in [3.63, 3.8) is 0 Å². The van der Waals surface area contributed by atoms with Crippen molar-refractivity contribution in [1.82, 2.24) is 5.32 Å². The molecule has 0 aliphatic rings. The molecule has 0 saturated heterocycles. The summed E-state index contributed by atoms with van der Waals surface area (Å²) in [5.41, 5.74) is 4.88. The molecule has 0 saturated carbocycles. The topological polar surface area (TPSA) is 58.2 Å². The van der Waals surface area contributed by atoms with Gasteiger partial charge in [-0.2, -0.15) is 0 Å². The molecule has 142 valence electrons. The lowest BCUT2D eigenvalue weighted by Gasteiger charge is -2.20. The second kappa shape index (κ2) is 9.00. The molecule has 2 N–H and O–H groups in total. The van der Waals surface area contributed by atoms with E-state index in [1.54, 1.807) is 12.1 Å². The first kappa shape index (κ1) is 19.4. The Balaban J connectivity index is 1.74. The fraction of sp³-hybridized carbons (Fsp3) is 0.167. The molecule has 4 heteroatoms. The lowest BCUT2D eigenvalue weighted by molar-refractivity contribution is -0.121. The fourth-order valence-corrected chi connectivity index (χ4v) is 3.07. The average molecular weight is 372 g/mol. The summed E-state index contributed by atoms with van der Waals surface area (Å²) in [6.45, 7) is 3.51. The molecule has 3 rings (SSSR count). The van der Waals surface area contributed by atoms with Crippen LogP contribution in [0.5, 0.6) is 0 Å². The van der Waals surface area contributed by atoms with Crippen LogP contribution in [0.1, 0.15) is 35.2 Å². The van der Waals surface area contributed by atoms with E-state index in [1.165, 1.54) is 12.5 Å². The van der Waals surface area contributed by atoms with Gasteiger partial charge in [-0.25, -0.2) is 0 Å². The van der Waals surface area contributed by atoms with Crippen molar-refractivity contribution in [3.05, 3.63) is 101 Å². The molecule has 0 aliphatic heterocycles. The molecular formula is C24H24N2O2. The first-order valence-corrected chi connectivity index (χ1v) is 9.28. The summed E-state index contributed by atoms with van der Waals surface area (Å²) in [5.74, 6) is -0.170. The molecule has 3 aromatic rings. The summed E-state index contributed by atoms with van der Waals surface area (Å²) in [5, 5.41) is 5.88. The molecule has 3 aromatic carbocycles. The summed E-state index contributed by atoms with van der Waals surface area (Å²) >= 11 is 0. The van der Waals surface area contributed by atoms with Crippen LogP contribution < -0.4 is 10.6 Å². The van der Waals surface area contributed by atoms with Gasteiger partial charge in [0.2, 0.25) is 11.8 Å². The third-order valence-corrected chi connectivity index (χ3v) is 4.49. The van der Waals surface area contributed by atoms with E-state index in [0.29, 0.717) is 0 Å². The Bertz CT molecular complexity index is 933. The lowest BCUT2D eigenvalue weighted by Crippen LogP contribution is -2.30. The van der Waals surface area contributed by atoms with Crippen molar-refractivity contribution in [2.24, 2.45) is 0 Å². The number of aryl methyl sites for hydroxylation is 1. The summed E-state index contributed by atoms with van der Waals surface area (Å²) in [6, 6.07) is 25.3. The van der Waals surface area contributed by atoms with E-state index in [1.807, 2.05) is 49.4 Å². The Morgan fingerprint density at radius 3 is 2.04 bits per heavy atom. The standard InChI is InChI=1S/C24H24N2O2/c1-17-8-12-21(13-9-17)24(20-6-4-3-5-7-20)26-23(28)16-19-10-14-22(15-11-19)25-18(2)27/h3-15,24H,16H2,1-2H3,(H,25,27)(H,26,28). The quantitative estimate of drug-likeness (QED) is 0.674. The van der Waals surface area contributed by atoms with Gasteiger partial charge in [0, 0.05) is 12.6 Å². The molecule has 1 unspecified atom stereocenters. The molecule has 2 amide bonds. The molecule has 28 heavy (non-hydrogen) atoms. The van der Waals surface area contributed by atoms with Crippen LogP contribution in [0.3, 0.4) is 0 Å². The fourth-order valence-electron chi connectivity index (χ4n) is 3.07. The highest BCUT2D eigenvalue weighted by Crippen LogP contribution is 2.22. The molecule has 4 nitrogen and oxygen atoms in total. The van der Waals surface area contributed by atoms with E-state index in [0.717, 1.165) is 22.4 Å². The summed E-state index contributed by atoms with van der Waals surface area (Å²) in [6.07, 6.45) is 0.273. The van der Waals surface area contributed by atoms with Crippen LogP contribution in [0.2, 0.25) is 0 Å². The number of anilines is 1. The second-order valence-corrected chi connectivity index (χ2v) is 6.88. The van der Waals surface area contributed by atoms with Crippen LogP contribution in [-0.2, 0) is 16.0 Å². The number of carbonyl (C=O) groups is 2. The maximum atomic E-state index is 12.7. The molecule has 1 atom stereocenters. The second-order valence-electron chi connectivity index (χ2n) is 6.88. The van der Waals surface area contributed by atoms with Crippen LogP contribution in [0.4, 0.5) is 5.69 Å². The molecule has 0 aliphatic carbocycles. The minimum Gasteiger partial charge on any atom is -0.345 e. The Morgan fingerprint density at radius 2 is 1.43 bits per heavy atom. The highest BCUT2D eigenvalue weighted by Gasteiger charge is 2.17. The molecule has 0 heterocycles. The van der Waals surface area contributed by atoms with Gasteiger partial charge in [0.25, 0.3) is 0 Å². The van der Waals surface area contributed by atoms with Gasteiger partial charge in [-0.05, 0) is 35.7 Å². The van der Waals surface area contributed by atoms with Gasteiger partial charge in [0.15, 0.2) is 0 Å². The Morgan fingerprint density at radius 1 is 0.821 bits per heavy atom. The minimum atomic E-state index is -0.201. The monoisotopic (exact) mass is 372 g/mol. The minimum absolute atomic E-state index is 0.0540. The van der Waals surface area contributed by atoms with E-state index in [9.17, 15) is 9.59 Å². The zero-order valence-corrected chi connectivity index (χ0v) is 16.1. The highest BCUT2D eigenvalue weighted by atomic mass is 16.2. The van der Waals surface area contributed by atoms with Crippen LogP contribution >= 0.6 is 0 Å². The third kappa shape index (κ3) is 5.30. The number of carbonyl (C=O) groups excluding carboxylic acids is 2. The smallest absolute Gasteiger partial charge is 0.225 e. The first-order chi connectivity index (χ1) is 13.5. The number of rotatable bonds is 6. The number of benzene rings is 3. The Kier molecular flexibility index (Phi) is 6.22. The largest absolute Gasteiger partial charge is 0.345 e. The van der Waals surface area contributed by atoms with Crippen LogP contribution in [-0.4, -0.2) is 11.8 Å². The van der Waals surface area contributed by atoms with Crippen molar-refractivity contribution < 1.29 is 9.59 Å². The summed E-state index contributed by atoms with van der Waals surface area (Å²) < 4.78 is 0. The van der Waals surface area contributed by atoms with E-state index in [2.05, 4.69) is 34.9 Å². The molecule has 0 radical (unpaired) electrons. The molecule has 0 aromatic heterocycles. The van der Waals surface area contributed by atoms with E-state index >= 15 is 0 Å². The van der Waals surface area contributed by atoms with Crippen molar-refractivity contribution in [1.29, 1.82) is 0 Å². The normalized spacial score (nSPS) is 11.5. The van der Waals surface area contributed by atoms with Crippen molar-refractivity contribution in [2.45, 2.75) is 26.3 Å². The van der Waals surface area contributed by atoms with Crippen molar-refractivity contribution >= 4 is 17.5 Å². The SMILES string of the molecule is CC(=O)Nc1ccc(CC(=O)NC(c2ccccc2)c2ccc(C)cc2)cc1. The lowest BCUT2D eigenvalue weighted by atomic mass is 9.97. The van der Waals surface area contributed by atoms with Gasteiger partial charge in [0.1, 0.15) is 0 Å². The Labute approximate surface area is 165 Å². The van der Waals surface area contributed by atoms with E-state index in [-0.39, 0.29) is 24.3 Å². The van der Waals surface area contributed by atoms with E-state index in [4.69, 9.17) is 0 Å². The summed E-state index contributed by atoms with van der Waals surface area (Å²) in [4.78, 5) is 23.8. The van der Waals surface area contributed by atoms with Gasteiger partial charge >= 0.3 is 0 Å². The maximum Gasteiger partial charge on any atom is 0.225 e. The van der Waals surface area contributed by atoms with Crippen LogP contribution in [0, 0.1) is 6.92 Å². The third-order valence-electron chi connectivity index (χ3n) is 4.49. The van der Waals surface area contributed by atoms with Gasteiger partial charge in [-0.1, -0.05) is 72.3 Å². The zero-order chi connectivity index (χ0) is 19.9. The predicted octanol–water partition coefficient (Wildman–Crippen LogP) is 4.40. The zero-order valence-electron chi connectivity index (χ0n) is 16.1. The van der Waals surface area contributed by atoms with Gasteiger partial charge in [-0.3, -0.25) is 9.59 Å². The van der Waals surface area contributed by atoms with Crippen molar-refractivity contribution in [3.8, 4) is 0 Å². The molecule has 0 spiro atoms. The molecule has 0 fully saturated rings. The number of amides is 2. The average Bonchev–Trinajstić information content (AvgIpc) is 2.69. The van der Waals surface area contributed by atoms with Crippen molar-refractivity contribution in [2.75, 3.05) is 5.32 Å². The number of hydrogen-bond donors (Lipinski definition) is 2. The summed E-state index contributed by atoms with van der Waals surface area (Å²) in [7, 11) is 0. The van der Waals surface area contributed by atoms with Crippen LogP contribution in [0.25, 0.3) is 0 Å².